The minimum atomic E-state index is -1.14. The number of carbonyl (C=O) groups is 2. The minimum Gasteiger partial charge on any atom is -0.465 e. The van der Waals surface area contributed by atoms with Crippen molar-refractivity contribution >= 4 is 12.0 Å². The summed E-state index contributed by atoms with van der Waals surface area (Å²) in [4.78, 5) is 25.9. The molecule has 0 radical (unpaired) electrons. The lowest BCUT2D eigenvalue weighted by Crippen LogP contribution is -2.25. The van der Waals surface area contributed by atoms with Crippen LogP contribution in [-0.2, 0) is 13.1 Å². The lowest BCUT2D eigenvalue weighted by atomic mass is 10.3. The van der Waals surface area contributed by atoms with Gasteiger partial charge in [-0.05, 0) is 12.1 Å². The number of nitrogens with zero attached hydrogens (tertiary/aromatic N) is 4. The summed E-state index contributed by atoms with van der Waals surface area (Å²) in [6, 6.07) is 2.71. The summed E-state index contributed by atoms with van der Waals surface area (Å²) < 4.78 is 14.7. The van der Waals surface area contributed by atoms with E-state index in [4.69, 9.17) is 5.11 Å². The Balaban J connectivity index is 1.86. The van der Waals surface area contributed by atoms with Crippen LogP contribution >= 0.6 is 0 Å². The SMILES string of the molecule is O=C(O)NCCn1cc(C(=O)NCc2ncccc2F)nn1. The van der Waals surface area contributed by atoms with E-state index in [1.165, 1.54) is 29.2 Å². The molecule has 2 amide bonds. The standard InChI is InChI=1S/C12H13FN6O3/c13-8-2-1-3-14-9(8)6-16-11(20)10-7-19(18-17-10)5-4-15-12(21)22/h1-3,7,15H,4-6H2,(H,16,20)(H,21,22). The normalized spacial score (nSPS) is 10.2. The number of hydrogen-bond acceptors (Lipinski definition) is 5. The maximum Gasteiger partial charge on any atom is 0.404 e. The molecule has 10 heteroatoms. The van der Waals surface area contributed by atoms with Crippen LogP contribution in [-0.4, -0.2) is 43.6 Å². The molecule has 0 fully saturated rings. The minimum absolute atomic E-state index is 0.0478. The molecular formula is C12H13FN6O3. The van der Waals surface area contributed by atoms with Crippen molar-refractivity contribution in [1.29, 1.82) is 0 Å². The van der Waals surface area contributed by atoms with Crippen LogP contribution in [0, 0.1) is 5.82 Å². The highest BCUT2D eigenvalue weighted by atomic mass is 19.1. The molecule has 0 saturated heterocycles. The van der Waals surface area contributed by atoms with Gasteiger partial charge >= 0.3 is 6.09 Å². The molecule has 0 saturated carbocycles. The largest absolute Gasteiger partial charge is 0.465 e. The molecule has 116 valence electrons. The zero-order valence-electron chi connectivity index (χ0n) is 11.4. The van der Waals surface area contributed by atoms with Gasteiger partial charge in [0.2, 0.25) is 0 Å². The van der Waals surface area contributed by atoms with Crippen LogP contribution < -0.4 is 10.6 Å². The lowest BCUT2D eigenvalue weighted by molar-refractivity contribution is 0.0945. The van der Waals surface area contributed by atoms with E-state index in [2.05, 4.69) is 25.9 Å². The number of nitrogens with one attached hydrogen (secondary N) is 2. The zero-order valence-corrected chi connectivity index (χ0v) is 11.4. The molecule has 0 unspecified atom stereocenters. The van der Waals surface area contributed by atoms with Gasteiger partial charge in [-0.25, -0.2) is 13.9 Å². The Kier molecular flexibility index (Phi) is 4.96. The molecule has 22 heavy (non-hydrogen) atoms. The van der Waals surface area contributed by atoms with Gasteiger partial charge in [-0.2, -0.15) is 0 Å². The molecule has 0 bridgehead atoms. The van der Waals surface area contributed by atoms with Crippen LogP contribution in [0.3, 0.4) is 0 Å². The highest BCUT2D eigenvalue weighted by Gasteiger charge is 2.12. The summed E-state index contributed by atoms with van der Waals surface area (Å²) in [5.41, 5.74) is 0.167. The molecule has 2 aromatic rings. The fraction of sp³-hybridized carbons (Fsp3) is 0.250. The van der Waals surface area contributed by atoms with E-state index in [1.807, 2.05) is 0 Å². The molecule has 2 heterocycles. The van der Waals surface area contributed by atoms with Crippen LogP contribution in [0.4, 0.5) is 9.18 Å². The van der Waals surface area contributed by atoms with E-state index in [0.717, 1.165) is 0 Å². The van der Waals surface area contributed by atoms with Gasteiger partial charge in [0.25, 0.3) is 5.91 Å². The number of rotatable bonds is 6. The van der Waals surface area contributed by atoms with E-state index in [0.29, 0.717) is 0 Å². The molecule has 0 aliphatic heterocycles. The van der Waals surface area contributed by atoms with Gasteiger partial charge in [0.1, 0.15) is 5.82 Å². The highest BCUT2D eigenvalue weighted by molar-refractivity contribution is 5.91. The van der Waals surface area contributed by atoms with Crippen molar-refractivity contribution in [1.82, 2.24) is 30.6 Å². The van der Waals surface area contributed by atoms with E-state index >= 15 is 0 Å². The summed E-state index contributed by atoms with van der Waals surface area (Å²) in [6.07, 6.45) is 1.65. The van der Waals surface area contributed by atoms with Crippen LogP contribution in [0.5, 0.6) is 0 Å². The number of halogens is 1. The first-order valence-electron chi connectivity index (χ1n) is 6.31. The van der Waals surface area contributed by atoms with Gasteiger partial charge in [0.05, 0.1) is 25.0 Å². The van der Waals surface area contributed by atoms with Crippen LogP contribution in [0.25, 0.3) is 0 Å². The molecule has 0 spiro atoms. The molecule has 9 nitrogen and oxygen atoms in total. The van der Waals surface area contributed by atoms with Gasteiger partial charge in [0.15, 0.2) is 5.69 Å². The number of aromatic nitrogens is 4. The first-order valence-corrected chi connectivity index (χ1v) is 6.31. The van der Waals surface area contributed by atoms with Gasteiger partial charge in [0, 0.05) is 12.7 Å². The second kappa shape index (κ2) is 7.11. The zero-order chi connectivity index (χ0) is 15.9. The topological polar surface area (TPSA) is 122 Å². The van der Waals surface area contributed by atoms with Crippen molar-refractivity contribution in [2.24, 2.45) is 0 Å². The van der Waals surface area contributed by atoms with Crippen molar-refractivity contribution < 1.29 is 19.1 Å². The lowest BCUT2D eigenvalue weighted by Gasteiger charge is -2.03. The monoisotopic (exact) mass is 308 g/mol. The Morgan fingerprint density at radius 2 is 2.18 bits per heavy atom. The Bertz CT molecular complexity index is 674. The molecule has 0 aromatic carbocycles. The average molecular weight is 308 g/mol. The van der Waals surface area contributed by atoms with Crippen molar-refractivity contribution in [2.75, 3.05) is 6.54 Å². The van der Waals surface area contributed by atoms with E-state index < -0.39 is 17.8 Å². The van der Waals surface area contributed by atoms with E-state index in [1.54, 1.807) is 0 Å². The number of pyridine rings is 1. The summed E-state index contributed by atoms with van der Waals surface area (Å²) in [5.74, 6) is -1.03. The fourth-order valence-electron chi connectivity index (χ4n) is 1.59. The molecule has 2 aromatic heterocycles. The third kappa shape index (κ3) is 4.23. The first kappa shape index (κ1) is 15.4. The molecule has 0 aliphatic carbocycles. The van der Waals surface area contributed by atoms with Gasteiger partial charge in [-0.1, -0.05) is 5.21 Å². The molecule has 2 rings (SSSR count). The maximum atomic E-state index is 13.4. The average Bonchev–Trinajstić information content (AvgIpc) is 2.94. The van der Waals surface area contributed by atoms with Gasteiger partial charge < -0.3 is 15.7 Å². The van der Waals surface area contributed by atoms with Crippen LogP contribution in [0.2, 0.25) is 0 Å². The molecule has 0 atom stereocenters. The second-order valence-corrected chi connectivity index (χ2v) is 4.21. The molecule has 3 N–H and O–H groups in total. The Morgan fingerprint density at radius 1 is 1.36 bits per heavy atom. The van der Waals surface area contributed by atoms with Crippen molar-refractivity contribution in [3.63, 3.8) is 0 Å². The Labute approximate surface area is 124 Å². The highest BCUT2D eigenvalue weighted by Crippen LogP contribution is 2.02. The number of amides is 2. The molecular weight excluding hydrogens is 295 g/mol. The van der Waals surface area contributed by atoms with Crippen molar-refractivity contribution in [3.05, 3.63) is 41.7 Å². The summed E-state index contributed by atoms with van der Waals surface area (Å²) in [6.45, 7) is 0.305. The van der Waals surface area contributed by atoms with Crippen LogP contribution in [0.15, 0.2) is 24.5 Å². The number of hydrogen-bond donors (Lipinski definition) is 3. The quantitative estimate of drug-likeness (QED) is 0.691. The number of carboxylic acid groups (broad SMARTS) is 1. The summed E-state index contributed by atoms with van der Waals surface area (Å²) in [7, 11) is 0. The maximum absolute atomic E-state index is 13.4. The smallest absolute Gasteiger partial charge is 0.404 e. The van der Waals surface area contributed by atoms with E-state index in [-0.39, 0.29) is 31.0 Å². The summed E-state index contributed by atoms with van der Waals surface area (Å²) in [5, 5.41) is 20.4. The van der Waals surface area contributed by atoms with E-state index in [9.17, 15) is 14.0 Å². The number of carbonyl (C=O) groups excluding carboxylic acids is 1. The predicted octanol–water partition coefficient (Wildman–Crippen LogP) is 0.00980. The van der Waals surface area contributed by atoms with Crippen molar-refractivity contribution in [3.8, 4) is 0 Å². The first-order chi connectivity index (χ1) is 10.6. The second-order valence-electron chi connectivity index (χ2n) is 4.21. The Morgan fingerprint density at radius 3 is 2.91 bits per heavy atom. The molecule has 0 aliphatic rings. The fourth-order valence-corrected chi connectivity index (χ4v) is 1.59. The van der Waals surface area contributed by atoms with Crippen molar-refractivity contribution in [2.45, 2.75) is 13.1 Å². The third-order valence-electron chi connectivity index (χ3n) is 2.64. The van der Waals surface area contributed by atoms with Gasteiger partial charge in [-0.3, -0.25) is 9.78 Å². The van der Waals surface area contributed by atoms with Gasteiger partial charge in [-0.15, -0.1) is 5.10 Å². The van der Waals surface area contributed by atoms with Crippen LogP contribution in [0.1, 0.15) is 16.2 Å². The predicted molar refractivity (Wildman–Crippen MR) is 71.4 cm³/mol. The summed E-state index contributed by atoms with van der Waals surface area (Å²) >= 11 is 0. The third-order valence-corrected chi connectivity index (χ3v) is 2.64. The Hall–Kier alpha value is -3.04.